The van der Waals surface area contributed by atoms with Crippen molar-refractivity contribution in [2.24, 2.45) is 0 Å². The van der Waals surface area contributed by atoms with Gasteiger partial charge in [0.15, 0.2) is 11.5 Å². The predicted octanol–water partition coefficient (Wildman–Crippen LogP) is 7.58. The zero-order chi connectivity index (χ0) is 30.3. The van der Waals surface area contributed by atoms with Gasteiger partial charge in [-0.05, 0) is 55.3 Å². The first-order chi connectivity index (χ1) is 19.7. The molecule has 1 saturated heterocycles. The fourth-order valence-corrected chi connectivity index (χ4v) is 4.97. The summed E-state index contributed by atoms with van der Waals surface area (Å²) in [6.45, 7) is 4.01. The quantitative estimate of drug-likeness (QED) is 0.248. The lowest BCUT2D eigenvalue weighted by Crippen LogP contribution is -2.42. The Labute approximate surface area is 236 Å². The number of alkyl halides is 7. The van der Waals surface area contributed by atoms with E-state index in [1.807, 2.05) is 4.90 Å². The molecule has 2 aliphatic rings. The molecule has 42 heavy (non-hydrogen) atoms. The van der Waals surface area contributed by atoms with Gasteiger partial charge in [0, 0.05) is 12.1 Å². The molecule has 0 amide bonds. The largest absolute Gasteiger partial charge is 0.573 e. The summed E-state index contributed by atoms with van der Waals surface area (Å²) in [5.41, 5.74) is 1.87. The average molecular weight is 602 g/mol. The predicted molar refractivity (Wildman–Crippen MR) is 137 cm³/mol. The van der Waals surface area contributed by atoms with Crippen molar-refractivity contribution >= 4 is 5.69 Å². The van der Waals surface area contributed by atoms with E-state index in [1.165, 1.54) is 30.3 Å². The first-order valence-corrected chi connectivity index (χ1v) is 12.9. The summed E-state index contributed by atoms with van der Waals surface area (Å²) in [4.78, 5) is 1.90. The van der Waals surface area contributed by atoms with Crippen LogP contribution in [0.2, 0.25) is 0 Å². The van der Waals surface area contributed by atoms with E-state index in [9.17, 15) is 30.7 Å². The number of nitrogens with zero attached hydrogens (tertiary/aromatic N) is 1. The molecule has 2 unspecified atom stereocenters. The van der Waals surface area contributed by atoms with Crippen LogP contribution in [0.4, 0.5) is 36.4 Å². The SMILES string of the molecule is CC1(C)OCC(CN2c3cccc(-c4cccc(OC(F)(F)F)c4)c3OCC2c2cccc(OC(F)(F)C(F)F)c2)O1. The molecule has 13 heteroatoms. The first-order valence-electron chi connectivity index (χ1n) is 12.9. The van der Waals surface area contributed by atoms with Crippen LogP contribution >= 0.6 is 0 Å². The zero-order valence-corrected chi connectivity index (χ0v) is 22.3. The van der Waals surface area contributed by atoms with Gasteiger partial charge < -0.3 is 28.6 Å². The van der Waals surface area contributed by atoms with Crippen molar-refractivity contribution in [3.05, 3.63) is 72.3 Å². The van der Waals surface area contributed by atoms with Crippen LogP contribution in [-0.2, 0) is 9.47 Å². The Morgan fingerprint density at radius 3 is 2.26 bits per heavy atom. The summed E-state index contributed by atoms with van der Waals surface area (Å²) >= 11 is 0. The summed E-state index contributed by atoms with van der Waals surface area (Å²) < 4.78 is 118. The van der Waals surface area contributed by atoms with Gasteiger partial charge in [0.1, 0.15) is 24.2 Å². The van der Waals surface area contributed by atoms with Gasteiger partial charge in [-0.2, -0.15) is 17.6 Å². The molecule has 0 bridgehead atoms. The van der Waals surface area contributed by atoms with Gasteiger partial charge in [-0.25, -0.2) is 0 Å². The van der Waals surface area contributed by atoms with Gasteiger partial charge in [-0.3, -0.25) is 0 Å². The lowest BCUT2D eigenvalue weighted by atomic mass is 9.98. The number of ether oxygens (including phenoxy) is 5. The van der Waals surface area contributed by atoms with Gasteiger partial charge in [0.05, 0.1) is 18.3 Å². The molecule has 0 radical (unpaired) electrons. The summed E-state index contributed by atoms with van der Waals surface area (Å²) in [6.07, 6.45) is -14.0. The number of fused-ring (bicyclic) bond motifs is 1. The van der Waals surface area contributed by atoms with E-state index in [4.69, 9.17) is 14.2 Å². The van der Waals surface area contributed by atoms with Gasteiger partial charge in [0.25, 0.3) is 0 Å². The smallest absolute Gasteiger partial charge is 0.488 e. The number of rotatable bonds is 8. The molecule has 0 saturated carbocycles. The molecule has 226 valence electrons. The molecule has 0 spiro atoms. The number of anilines is 1. The van der Waals surface area contributed by atoms with E-state index in [2.05, 4.69) is 9.47 Å². The maximum atomic E-state index is 13.6. The van der Waals surface area contributed by atoms with Gasteiger partial charge >= 0.3 is 18.9 Å². The van der Waals surface area contributed by atoms with Crippen molar-refractivity contribution < 1.29 is 54.4 Å². The zero-order valence-electron chi connectivity index (χ0n) is 22.3. The van der Waals surface area contributed by atoms with Crippen molar-refractivity contribution in [2.75, 3.05) is 24.7 Å². The van der Waals surface area contributed by atoms with Crippen LogP contribution in [-0.4, -0.2) is 50.5 Å². The number of hydrogen-bond acceptors (Lipinski definition) is 6. The second kappa shape index (κ2) is 11.2. The van der Waals surface area contributed by atoms with Crippen molar-refractivity contribution in [1.82, 2.24) is 0 Å². The second-order valence-corrected chi connectivity index (χ2v) is 10.2. The van der Waals surface area contributed by atoms with E-state index in [0.717, 1.165) is 6.07 Å². The van der Waals surface area contributed by atoms with Crippen LogP contribution in [0.1, 0.15) is 25.5 Å². The molecule has 0 N–H and O–H groups in total. The summed E-state index contributed by atoms with van der Waals surface area (Å²) in [6, 6.07) is 15.4. The number of para-hydroxylation sites is 1. The lowest BCUT2D eigenvalue weighted by molar-refractivity contribution is -0.274. The van der Waals surface area contributed by atoms with E-state index < -0.39 is 48.3 Å². The van der Waals surface area contributed by atoms with Crippen LogP contribution in [0.15, 0.2) is 66.7 Å². The van der Waals surface area contributed by atoms with E-state index in [-0.39, 0.29) is 19.8 Å². The van der Waals surface area contributed by atoms with E-state index in [0.29, 0.717) is 28.1 Å². The van der Waals surface area contributed by atoms with E-state index in [1.54, 1.807) is 44.2 Å². The van der Waals surface area contributed by atoms with Crippen LogP contribution < -0.4 is 19.1 Å². The molecule has 2 aliphatic heterocycles. The van der Waals surface area contributed by atoms with Crippen molar-refractivity contribution in [3.63, 3.8) is 0 Å². The summed E-state index contributed by atoms with van der Waals surface area (Å²) in [5.74, 6) is -1.34. The first kappa shape index (κ1) is 29.8. The maximum Gasteiger partial charge on any atom is 0.573 e. The van der Waals surface area contributed by atoms with E-state index >= 15 is 0 Å². The summed E-state index contributed by atoms with van der Waals surface area (Å²) in [5, 5.41) is 0. The fourth-order valence-electron chi connectivity index (χ4n) is 4.97. The summed E-state index contributed by atoms with van der Waals surface area (Å²) in [7, 11) is 0. The highest BCUT2D eigenvalue weighted by molar-refractivity contribution is 5.80. The monoisotopic (exact) mass is 601 g/mol. The number of hydrogen-bond donors (Lipinski definition) is 0. The Balaban J connectivity index is 1.52. The molecule has 1 fully saturated rings. The highest BCUT2D eigenvalue weighted by Gasteiger charge is 2.44. The van der Waals surface area contributed by atoms with Crippen LogP contribution in [0.5, 0.6) is 17.2 Å². The highest BCUT2D eigenvalue weighted by Crippen LogP contribution is 2.46. The normalized spacial score (nSPS) is 20.3. The van der Waals surface area contributed by atoms with Crippen LogP contribution in [0.3, 0.4) is 0 Å². The molecule has 0 aromatic heterocycles. The Hall–Kier alpha value is -3.71. The Bertz CT molecular complexity index is 1420. The molecule has 2 heterocycles. The fraction of sp³-hybridized carbons (Fsp3) is 0.379. The maximum absolute atomic E-state index is 13.6. The second-order valence-electron chi connectivity index (χ2n) is 10.2. The van der Waals surface area contributed by atoms with Gasteiger partial charge in [-0.1, -0.05) is 36.4 Å². The van der Waals surface area contributed by atoms with Gasteiger partial charge in [-0.15, -0.1) is 13.2 Å². The van der Waals surface area contributed by atoms with Crippen LogP contribution in [0.25, 0.3) is 11.1 Å². The minimum absolute atomic E-state index is 0.0194. The third kappa shape index (κ3) is 6.67. The molecule has 2 atom stereocenters. The average Bonchev–Trinajstić information content (AvgIpc) is 3.25. The lowest BCUT2D eigenvalue weighted by Gasteiger charge is -2.40. The van der Waals surface area contributed by atoms with Crippen molar-refractivity contribution in [3.8, 4) is 28.4 Å². The molecule has 6 nitrogen and oxygen atoms in total. The number of benzene rings is 3. The highest BCUT2D eigenvalue weighted by atomic mass is 19.4. The topological polar surface area (TPSA) is 49.4 Å². The van der Waals surface area contributed by atoms with Crippen molar-refractivity contribution in [1.29, 1.82) is 0 Å². The molecular formula is C29H26F7NO5. The Morgan fingerprint density at radius 2 is 1.60 bits per heavy atom. The Morgan fingerprint density at radius 1 is 0.905 bits per heavy atom. The molecule has 5 rings (SSSR count). The third-order valence-corrected chi connectivity index (χ3v) is 6.66. The molecule has 3 aromatic rings. The minimum atomic E-state index is -4.87. The Kier molecular flexibility index (Phi) is 7.92. The minimum Gasteiger partial charge on any atom is -0.488 e. The van der Waals surface area contributed by atoms with Crippen molar-refractivity contribution in [2.45, 2.75) is 50.7 Å². The third-order valence-electron chi connectivity index (χ3n) is 6.66. The standard InChI is InChI=1S/C29H26F7NO5/c1-27(2)39-15-21(40-27)14-37-23-11-5-10-22(17-6-3-9-20(12-17)42-29(34,35)36)25(23)38-16-24(37)18-7-4-8-19(13-18)41-28(32,33)26(30)31/h3-13,21,24,26H,14-16H2,1-2H3. The number of halogens is 7. The molecule has 3 aromatic carbocycles. The van der Waals surface area contributed by atoms with Gasteiger partial charge in [0.2, 0.25) is 0 Å². The molecule has 0 aliphatic carbocycles. The molecular weight excluding hydrogens is 575 g/mol. The van der Waals surface area contributed by atoms with Crippen LogP contribution in [0, 0.1) is 0 Å².